The van der Waals surface area contributed by atoms with E-state index in [1.54, 1.807) is 6.08 Å². The standard InChI is InChI=1S/C27H35N5O/c1-5-7-8-14-26(33)32(21(4)20(3)11-6-2)19-22-15-17-23(18-16-22)24-12-9-10-13-25(24)27-28-30-31-29-27/h8-10,12-18,20-21H,5-7,11,19H2,1-4H3,(H,28,29,30,31)/b14-8+. The Labute approximate surface area is 197 Å². The van der Waals surface area contributed by atoms with Crippen LogP contribution in [-0.4, -0.2) is 37.5 Å². The number of nitrogens with one attached hydrogen (secondary N) is 1. The first-order valence-corrected chi connectivity index (χ1v) is 11.9. The maximum absolute atomic E-state index is 13.1. The highest BCUT2D eigenvalue weighted by Gasteiger charge is 2.23. The van der Waals surface area contributed by atoms with Crippen molar-refractivity contribution in [2.45, 2.75) is 66.0 Å². The van der Waals surface area contributed by atoms with Crippen molar-refractivity contribution >= 4 is 5.91 Å². The number of hydrogen-bond acceptors (Lipinski definition) is 4. The molecule has 1 amide bonds. The van der Waals surface area contributed by atoms with Gasteiger partial charge in [-0.15, -0.1) is 10.2 Å². The van der Waals surface area contributed by atoms with Crippen LogP contribution in [0.5, 0.6) is 0 Å². The van der Waals surface area contributed by atoms with Gasteiger partial charge in [-0.05, 0) is 53.7 Å². The smallest absolute Gasteiger partial charge is 0.246 e. The van der Waals surface area contributed by atoms with Gasteiger partial charge in [0.15, 0.2) is 0 Å². The van der Waals surface area contributed by atoms with Crippen LogP contribution in [0, 0.1) is 5.92 Å². The lowest BCUT2D eigenvalue weighted by Gasteiger charge is -2.33. The summed E-state index contributed by atoms with van der Waals surface area (Å²) in [7, 11) is 0. The molecule has 6 nitrogen and oxygen atoms in total. The first-order chi connectivity index (χ1) is 16.0. The van der Waals surface area contributed by atoms with E-state index in [9.17, 15) is 4.79 Å². The number of unbranched alkanes of at least 4 members (excludes halogenated alkanes) is 1. The van der Waals surface area contributed by atoms with Crippen LogP contribution < -0.4 is 0 Å². The van der Waals surface area contributed by atoms with Gasteiger partial charge in [-0.2, -0.15) is 5.21 Å². The normalized spacial score (nSPS) is 13.2. The fourth-order valence-corrected chi connectivity index (χ4v) is 4.07. The first kappa shape index (κ1) is 24.4. The minimum absolute atomic E-state index is 0.0884. The van der Waals surface area contributed by atoms with Crippen LogP contribution in [0.15, 0.2) is 60.7 Å². The quantitative estimate of drug-likeness (QED) is 0.365. The second-order valence-electron chi connectivity index (χ2n) is 8.64. The molecule has 2 atom stereocenters. The number of carbonyl (C=O) groups is 1. The molecular formula is C27H35N5O. The summed E-state index contributed by atoms with van der Waals surface area (Å²) in [6.45, 7) is 9.32. The zero-order valence-corrected chi connectivity index (χ0v) is 20.2. The van der Waals surface area contributed by atoms with Crippen molar-refractivity contribution in [2.75, 3.05) is 0 Å². The molecule has 33 heavy (non-hydrogen) atoms. The molecule has 0 bridgehead atoms. The molecule has 2 unspecified atom stereocenters. The van der Waals surface area contributed by atoms with Gasteiger partial charge in [0.25, 0.3) is 0 Å². The van der Waals surface area contributed by atoms with Crippen LogP contribution in [0.3, 0.4) is 0 Å². The summed E-state index contributed by atoms with van der Waals surface area (Å²) in [6, 6.07) is 16.6. The molecule has 0 aliphatic carbocycles. The van der Waals surface area contributed by atoms with Gasteiger partial charge in [-0.1, -0.05) is 88.2 Å². The predicted octanol–water partition coefficient (Wildman–Crippen LogP) is 6.04. The van der Waals surface area contributed by atoms with Crippen molar-refractivity contribution in [3.8, 4) is 22.5 Å². The molecular weight excluding hydrogens is 410 g/mol. The predicted molar refractivity (Wildman–Crippen MR) is 133 cm³/mol. The van der Waals surface area contributed by atoms with Gasteiger partial charge in [0, 0.05) is 18.2 Å². The summed E-state index contributed by atoms with van der Waals surface area (Å²) in [6.07, 6.45) is 7.92. The number of amides is 1. The van der Waals surface area contributed by atoms with Crippen LogP contribution in [-0.2, 0) is 11.3 Å². The van der Waals surface area contributed by atoms with Gasteiger partial charge < -0.3 is 4.90 Å². The molecule has 3 aromatic rings. The lowest BCUT2D eigenvalue weighted by molar-refractivity contribution is -0.129. The maximum Gasteiger partial charge on any atom is 0.246 e. The van der Waals surface area contributed by atoms with Crippen LogP contribution in [0.2, 0.25) is 0 Å². The second-order valence-corrected chi connectivity index (χ2v) is 8.64. The Morgan fingerprint density at radius 2 is 1.76 bits per heavy atom. The molecule has 0 spiro atoms. The lowest BCUT2D eigenvalue weighted by atomic mass is 9.95. The maximum atomic E-state index is 13.1. The molecule has 6 heteroatoms. The summed E-state index contributed by atoms with van der Waals surface area (Å²) in [4.78, 5) is 15.1. The number of rotatable bonds is 11. The minimum Gasteiger partial charge on any atom is -0.332 e. The molecule has 0 saturated carbocycles. The van der Waals surface area contributed by atoms with E-state index < -0.39 is 0 Å². The van der Waals surface area contributed by atoms with Crippen molar-refractivity contribution in [3.05, 3.63) is 66.2 Å². The van der Waals surface area contributed by atoms with E-state index in [0.29, 0.717) is 18.3 Å². The van der Waals surface area contributed by atoms with E-state index in [0.717, 1.165) is 47.9 Å². The Bertz CT molecular complexity index is 1030. The van der Waals surface area contributed by atoms with Crippen LogP contribution in [0.25, 0.3) is 22.5 Å². The van der Waals surface area contributed by atoms with E-state index >= 15 is 0 Å². The SMILES string of the molecule is CCC/C=C/C(=O)N(Cc1ccc(-c2ccccc2-c2nn[nH]n2)cc1)C(C)C(C)CCC. The number of hydrogen-bond donors (Lipinski definition) is 1. The number of H-pyrrole nitrogens is 1. The molecule has 3 rings (SSSR count). The van der Waals surface area contributed by atoms with E-state index in [1.165, 1.54) is 0 Å². The number of carbonyl (C=O) groups excluding carboxylic acids is 1. The summed E-state index contributed by atoms with van der Waals surface area (Å²) >= 11 is 0. The molecule has 0 aliphatic heterocycles. The highest BCUT2D eigenvalue weighted by atomic mass is 16.2. The minimum atomic E-state index is 0.0884. The van der Waals surface area contributed by atoms with Gasteiger partial charge in [-0.25, -0.2) is 0 Å². The van der Waals surface area contributed by atoms with Gasteiger partial charge in [0.2, 0.25) is 11.7 Å². The lowest BCUT2D eigenvalue weighted by Crippen LogP contribution is -2.40. The van der Waals surface area contributed by atoms with E-state index in [2.05, 4.69) is 78.7 Å². The number of tetrazole rings is 1. The molecule has 2 aromatic carbocycles. The van der Waals surface area contributed by atoms with E-state index in [-0.39, 0.29) is 11.9 Å². The zero-order valence-electron chi connectivity index (χ0n) is 20.2. The average Bonchev–Trinajstić information content (AvgIpc) is 3.38. The van der Waals surface area contributed by atoms with Crippen molar-refractivity contribution in [3.63, 3.8) is 0 Å². The molecule has 0 fully saturated rings. The van der Waals surface area contributed by atoms with Gasteiger partial charge >= 0.3 is 0 Å². The molecule has 0 saturated heterocycles. The van der Waals surface area contributed by atoms with E-state index in [1.807, 2.05) is 29.2 Å². The first-order valence-electron chi connectivity index (χ1n) is 11.9. The Kier molecular flexibility index (Phi) is 8.93. The van der Waals surface area contributed by atoms with Crippen molar-refractivity contribution < 1.29 is 4.79 Å². The number of aromatic amines is 1. The molecule has 1 aromatic heterocycles. The number of aromatic nitrogens is 4. The number of allylic oxidation sites excluding steroid dienone is 1. The zero-order chi connectivity index (χ0) is 23.6. The fourth-order valence-electron chi connectivity index (χ4n) is 4.07. The van der Waals surface area contributed by atoms with Gasteiger partial charge in [0.1, 0.15) is 0 Å². The summed E-state index contributed by atoms with van der Waals surface area (Å²) in [5.74, 6) is 1.11. The fraction of sp³-hybridized carbons (Fsp3) is 0.407. The number of nitrogens with zero attached hydrogens (tertiary/aromatic N) is 4. The highest BCUT2D eigenvalue weighted by molar-refractivity contribution is 5.88. The van der Waals surface area contributed by atoms with Crippen LogP contribution in [0.1, 0.15) is 58.9 Å². The van der Waals surface area contributed by atoms with Gasteiger partial charge in [-0.3, -0.25) is 4.79 Å². The monoisotopic (exact) mass is 445 g/mol. The third-order valence-electron chi connectivity index (χ3n) is 6.19. The Morgan fingerprint density at radius 3 is 2.39 bits per heavy atom. The summed E-state index contributed by atoms with van der Waals surface area (Å²) in [5.41, 5.74) is 4.17. The molecule has 1 heterocycles. The Balaban J connectivity index is 1.83. The summed E-state index contributed by atoms with van der Waals surface area (Å²) < 4.78 is 0. The molecule has 174 valence electrons. The highest BCUT2D eigenvalue weighted by Crippen LogP contribution is 2.30. The van der Waals surface area contributed by atoms with Gasteiger partial charge in [0.05, 0.1) is 0 Å². The van der Waals surface area contributed by atoms with Crippen LogP contribution >= 0.6 is 0 Å². The van der Waals surface area contributed by atoms with Crippen molar-refractivity contribution in [1.29, 1.82) is 0 Å². The van der Waals surface area contributed by atoms with E-state index in [4.69, 9.17) is 0 Å². The van der Waals surface area contributed by atoms with Crippen molar-refractivity contribution in [1.82, 2.24) is 25.5 Å². The van der Waals surface area contributed by atoms with Crippen LogP contribution in [0.4, 0.5) is 0 Å². The Hall–Kier alpha value is -3.28. The Morgan fingerprint density at radius 1 is 1.03 bits per heavy atom. The topological polar surface area (TPSA) is 74.8 Å². The third kappa shape index (κ3) is 6.37. The van der Waals surface area contributed by atoms with Crippen molar-refractivity contribution in [2.24, 2.45) is 5.92 Å². The molecule has 0 radical (unpaired) electrons. The summed E-state index contributed by atoms with van der Waals surface area (Å²) in [5, 5.41) is 14.5. The largest absolute Gasteiger partial charge is 0.332 e. The average molecular weight is 446 g/mol. The molecule has 1 N–H and O–H groups in total. The molecule has 0 aliphatic rings. The second kappa shape index (κ2) is 12.1. The number of benzene rings is 2. The third-order valence-corrected chi connectivity index (χ3v) is 6.19.